The van der Waals surface area contributed by atoms with E-state index < -0.39 is 0 Å². The summed E-state index contributed by atoms with van der Waals surface area (Å²) in [5, 5.41) is 5.88. The zero-order valence-corrected chi connectivity index (χ0v) is 22.1. The number of nitrogens with zero attached hydrogens (tertiary/aromatic N) is 4. The Bertz CT molecular complexity index is 1440. The molecule has 202 valence electrons. The molecule has 1 saturated heterocycles. The van der Waals surface area contributed by atoms with E-state index in [4.69, 9.17) is 14.5 Å². The van der Waals surface area contributed by atoms with Crippen molar-refractivity contribution in [2.75, 3.05) is 51.3 Å². The minimum atomic E-state index is -0.378. The van der Waals surface area contributed by atoms with Crippen LogP contribution in [0.3, 0.4) is 0 Å². The smallest absolute Gasteiger partial charge is 0.407 e. The van der Waals surface area contributed by atoms with Crippen LogP contribution < -0.4 is 10.2 Å². The summed E-state index contributed by atoms with van der Waals surface area (Å²) < 4.78 is 10.2. The van der Waals surface area contributed by atoms with Gasteiger partial charge in [0.15, 0.2) is 0 Å². The highest BCUT2D eigenvalue weighted by molar-refractivity contribution is 6.11. The molecule has 9 heteroatoms. The Kier molecular flexibility index (Phi) is 8.48. The number of carbonyl (C=O) groups is 2. The molecule has 0 radical (unpaired) electrons. The zero-order chi connectivity index (χ0) is 27.0. The molecule has 0 atom stereocenters. The SMILES string of the molecule is COC(=O)c1ccc2c(c1)nc(N1CCN(CCCCNC(=O)OCc3ccccc3)CC1)c1ccncc12. The number of anilines is 1. The van der Waals surface area contributed by atoms with E-state index in [0.29, 0.717) is 12.1 Å². The average Bonchev–Trinajstić information content (AvgIpc) is 2.99. The molecule has 1 fully saturated rings. The predicted molar refractivity (Wildman–Crippen MR) is 151 cm³/mol. The van der Waals surface area contributed by atoms with Crippen molar-refractivity contribution in [3.05, 3.63) is 78.1 Å². The number of hydrogen-bond acceptors (Lipinski definition) is 8. The zero-order valence-electron chi connectivity index (χ0n) is 22.1. The third-order valence-electron chi connectivity index (χ3n) is 7.05. The number of rotatable bonds is 9. The number of fused-ring (bicyclic) bond motifs is 3. The largest absolute Gasteiger partial charge is 0.465 e. The fourth-order valence-corrected chi connectivity index (χ4v) is 4.92. The molecule has 0 saturated carbocycles. The number of amides is 1. The fraction of sp³-hybridized carbons (Fsp3) is 0.333. The van der Waals surface area contributed by atoms with Gasteiger partial charge < -0.3 is 19.7 Å². The highest BCUT2D eigenvalue weighted by atomic mass is 16.5. The van der Waals surface area contributed by atoms with Gasteiger partial charge in [0, 0.05) is 61.3 Å². The number of pyridine rings is 2. The molecule has 39 heavy (non-hydrogen) atoms. The van der Waals surface area contributed by atoms with Crippen molar-refractivity contribution in [3.8, 4) is 0 Å². The van der Waals surface area contributed by atoms with Crippen molar-refractivity contribution in [2.45, 2.75) is 19.4 Å². The summed E-state index contributed by atoms with van der Waals surface area (Å²) in [5.41, 5.74) is 2.21. The lowest BCUT2D eigenvalue weighted by atomic mass is 10.1. The number of aromatic nitrogens is 2. The summed E-state index contributed by atoms with van der Waals surface area (Å²) in [5.74, 6) is 0.541. The van der Waals surface area contributed by atoms with Crippen molar-refractivity contribution >= 4 is 39.6 Å². The Morgan fingerprint density at radius 2 is 1.77 bits per heavy atom. The lowest BCUT2D eigenvalue weighted by Gasteiger charge is -2.36. The van der Waals surface area contributed by atoms with Crippen LogP contribution in [0.25, 0.3) is 21.7 Å². The molecule has 1 N–H and O–H groups in total. The third-order valence-corrected chi connectivity index (χ3v) is 7.05. The van der Waals surface area contributed by atoms with Crippen LogP contribution in [0.4, 0.5) is 10.6 Å². The molecule has 0 unspecified atom stereocenters. The first-order chi connectivity index (χ1) is 19.1. The number of alkyl carbamates (subject to hydrolysis) is 1. The molecule has 0 bridgehead atoms. The van der Waals surface area contributed by atoms with Gasteiger partial charge in [0.05, 0.1) is 18.2 Å². The monoisotopic (exact) mass is 527 g/mol. The number of esters is 1. The Morgan fingerprint density at radius 1 is 0.949 bits per heavy atom. The molecular formula is C30H33N5O4. The van der Waals surface area contributed by atoms with Gasteiger partial charge in [-0.25, -0.2) is 14.6 Å². The van der Waals surface area contributed by atoms with Crippen molar-refractivity contribution in [2.24, 2.45) is 0 Å². The van der Waals surface area contributed by atoms with Crippen molar-refractivity contribution < 1.29 is 19.1 Å². The summed E-state index contributed by atoms with van der Waals surface area (Å²) in [6.45, 7) is 5.44. The van der Waals surface area contributed by atoms with Gasteiger partial charge in [-0.15, -0.1) is 0 Å². The molecule has 2 aromatic heterocycles. The Hall–Kier alpha value is -4.24. The van der Waals surface area contributed by atoms with Crippen LogP contribution in [0.5, 0.6) is 0 Å². The normalized spacial score (nSPS) is 13.9. The Labute approximate surface area is 227 Å². The minimum Gasteiger partial charge on any atom is -0.465 e. The van der Waals surface area contributed by atoms with Crippen LogP contribution in [0.2, 0.25) is 0 Å². The van der Waals surface area contributed by atoms with E-state index in [2.05, 4.69) is 20.1 Å². The molecular weight excluding hydrogens is 494 g/mol. The summed E-state index contributed by atoms with van der Waals surface area (Å²) in [6.07, 6.45) is 5.17. The third kappa shape index (κ3) is 6.43. The van der Waals surface area contributed by atoms with Crippen LogP contribution in [0, 0.1) is 0 Å². The number of unbranched alkanes of at least 4 members (excludes halogenated alkanes) is 1. The van der Waals surface area contributed by atoms with Gasteiger partial charge in [-0.3, -0.25) is 9.88 Å². The van der Waals surface area contributed by atoms with Gasteiger partial charge in [-0.2, -0.15) is 0 Å². The molecule has 1 aliphatic heterocycles. The average molecular weight is 528 g/mol. The van der Waals surface area contributed by atoms with Crippen molar-refractivity contribution in [1.29, 1.82) is 0 Å². The number of hydrogen-bond donors (Lipinski definition) is 1. The maximum Gasteiger partial charge on any atom is 0.407 e. The van der Waals surface area contributed by atoms with Crippen LogP contribution in [0.15, 0.2) is 67.0 Å². The molecule has 3 heterocycles. The van der Waals surface area contributed by atoms with Gasteiger partial charge in [0.25, 0.3) is 0 Å². The summed E-state index contributed by atoms with van der Waals surface area (Å²) in [6, 6.07) is 17.1. The van der Waals surface area contributed by atoms with E-state index in [1.165, 1.54) is 7.11 Å². The van der Waals surface area contributed by atoms with Gasteiger partial charge in [0.1, 0.15) is 12.4 Å². The number of piperazine rings is 1. The molecule has 5 rings (SSSR count). The molecule has 0 spiro atoms. The van der Waals surface area contributed by atoms with E-state index in [1.54, 1.807) is 18.3 Å². The first kappa shape index (κ1) is 26.4. The predicted octanol–water partition coefficient (Wildman–Crippen LogP) is 4.40. The number of nitrogens with one attached hydrogen (secondary N) is 1. The van der Waals surface area contributed by atoms with E-state index in [-0.39, 0.29) is 18.7 Å². The maximum absolute atomic E-state index is 12.1. The Balaban J connectivity index is 1.12. The maximum atomic E-state index is 12.1. The van der Waals surface area contributed by atoms with Gasteiger partial charge in [-0.1, -0.05) is 36.4 Å². The molecule has 0 aliphatic carbocycles. The van der Waals surface area contributed by atoms with Crippen LogP contribution >= 0.6 is 0 Å². The van der Waals surface area contributed by atoms with E-state index in [1.807, 2.05) is 48.7 Å². The van der Waals surface area contributed by atoms with Gasteiger partial charge >= 0.3 is 12.1 Å². The van der Waals surface area contributed by atoms with Crippen molar-refractivity contribution in [3.63, 3.8) is 0 Å². The first-order valence-electron chi connectivity index (χ1n) is 13.3. The lowest BCUT2D eigenvalue weighted by Crippen LogP contribution is -2.47. The first-order valence-corrected chi connectivity index (χ1v) is 13.3. The highest BCUT2D eigenvalue weighted by Crippen LogP contribution is 2.32. The quantitative estimate of drug-likeness (QED) is 0.194. The summed E-state index contributed by atoms with van der Waals surface area (Å²) in [7, 11) is 1.38. The van der Waals surface area contributed by atoms with Gasteiger partial charge in [-0.05, 0) is 43.1 Å². The van der Waals surface area contributed by atoms with Gasteiger partial charge in [0.2, 0.25) is 0 Å². The number of benzene rings is 2. The van der Waals surface area contributed by atoms with Crippen LogP contribution in [-0.2, 0) is 16.1 Å². The van der Waals surface area contributed by atoms with Crippen LogP contribution in [-0.4, -0.2) is 73.3 Å². The second-order valence-corrected chi connectivity index (χ2v) is 9.60. The minimum absolute atomic E-state index is 0.279. The van der Waals surface area contributed by atoms with E-state index >= 15 is 0 Å². The molecule has 2 aromatic carbocycles. The number of ether oxygens (including phenoxy) is 2. The summed E-state index contributed by atoms with van der Waals surface area (Å²) in [4.78, 5) is 38.1. The highest BCUT2D eigenvalue weighted by Gasteiger charge is 2.21. The molecule has 1 amide bonds. The van der Waals surface area contributed by atoms with E-state index in [9.17, 15) is 9.59 Å². The van der Waals surface area contributed by atoms with Crippen LogP contribution in [0.1, 0.15) is 28.8 Å². The second kappa shape index (κ2) is 12.5. The van der Waals surface area contributed by atoms with Crippen molar-refractivity contribution in [1.82, 2.24) is 20.2 Å². The Morgan fingerprint density at radius 3 is 2.56 bits per heavy atom. The second-order valence-electron chi connectivity index (χ2n) is 9.60. The molecule has 4 aromatic rings. The molecule has 9 nitrogen and oxygen atoms in total. The topological polar surface area (TPSA) is 96.9 Å². The van der Waals surface area contributed by atoms with E-state index in [0.717, 1.165) is 78.6 Å². The lowest BCUT2D eigenvalue weighted by molar-refractivity contribution is 0.0601. The fourth-order valence-electron chi connectivity index (χ4n) is 4.92. The number of methoxy groups -OCH3 is 1. The summed E-state index contributed by atoms with van der Waals surface area (Å²) >= 11 is 0. The standard InChI is InChI=1S/C30H33N5O4/c1-38-29(36)23-9-10-24-26-20-31-13-11-25(26)28(33-27(24)19-23)35-17-15-34(16-18-35)14-6-5-12-32-30(37)39-21-22-7-3-2-4-8-22/h2-4,7-11,13,19-20H,5-6,12,14-18,21H2,1H3,(H,32,37). The number of carbonyl (C=O) groups excluding carboxylic acids is 2. The molecule has 1 aliphatic rings.